The number of hydrogen-bond donors (Lipinski definition) is 1. The van der Waals surface area contributed by atoms with Gasteiger partial charge in [-0.1, -0.05) is 13.8 Å². The average Bonchev–Trinajstić information content (AvgIpc) is 2.10. The van der Waals surface area contributed by atoms with E-state index in [1.165, 1.54) is 32.9 Å². The van der Waals surface area contributed by atoms with Gasteiger partial charge in [-0.25, -0.2) is 25.6 Å². The number of esters is 1. The molecule has 86 heavy (non-hydrogen) atoms. The van der Waals surface area contributed by atoms with Crippen molar-refractivity contribution in [2.75, 3.05) is 120 Å². The molecule has 2 heterocycles. The van der Waals surface area contributed by atoms with Crippen LogP contribution in [-0.2, 0) is 62.8 Å². The zero-order chi connectivity index (χ0) is 62.0. The lowest BCUT2D eigenvalue weighted by Gasteiger charge is -2.25. The molecule has 0 atom stereocenters. The van der Waals surface area contributed by atoms with Crippen LogP contribution in [0.3, 0.4) is 0 Å². The topological polar surface area (TPSA) is 254 Å². The Labute approximate surface area is 500 Å². The number of sulfonamides is 2. The molecule has 0 aliphatic heterocycles. The van der Waals surface area contributed by atoms with Crippen LogP contribution in [0.25, 0.3) is 44.6 Å². The van der Waals surface area contributed by atoms with E-state index >= 15 is 0 Å². The van der Waals surface area contributed by atoms with E-state index in [-0.39, 0.29) is 128 Å². The third kappa shape index (κ3) is 18.9. The molecule has 2 saturated carbocycles. The fraction of sp³-hybridized carbons (Fsp3) is 0.484. The van der Waals surface area contributed by atoms with Crippen LogP contribution in [-0.4, -0.2) is 157 Å². The fourth-order valence-electron chi connectivity index (χ4n) is 9.55. The lowest BCUT2D eigenvalue weighted by atomic mass is 9.97. The summed E-state index contributed by atoms with van der Waals surface area (Å²) in [6.07, 6.45) is 6.55. The number of anilines is 2. The Morgan fingerprint density at radius 3 is 1.20 bits per heavy atom. The smallest absolute Gasteiger partial charge is 0.308 e. The number of rotatable bonds is 37. The van der Waals surface area contributed by atoms with Gasteiger partial charge < -0.3 is 47.1 Å². The second-order valence-electron chi connectivity index (χ2n) is 20.6. The summed E-state index contributed by atoms with van der Waals surface area (Å²) < 4.78 is 132. The molecule has 2 fully saturated rings. The highest BCUT2D eigenvalue weighted by atomic mass is 32.2. The highest BCUT2D eigenvalue weighted by molar-refractivity contribution is 7.92. The number of aliphatic carboxylic acids is 1. The number of ether oxygens (including phenoxy) is 7. The Hall–Kier alpha value is -6.64. The number of fused-ring (bicyclic) bond motifs is 2. The monoisotopic (exact) mass is 1240 g/mol. The number of nitrogens with zero attached hydrogens (tertiary/aromatic N) is 2. The van der Waals surface area contributed by atoms with Gasteiger partial charge in [-0.15, -0.1) is 0 Å². The number of furan rings is 2. The summed E-state index contributed by atoms with van der Waals surface area (Å²) in [5, 5.41) is 9.82. The van der Waals surface area contributed by atoms with E-state index in [1.54, 1.807) is 57.2 Å². The number of ketones is 2. The van der Waals surface area contributed by atoms with Crippen LogP contribution in [0, 0.1) is 11.6 Å². The van der Waals surface area contributed by atoms with E-state index in [1.807, 2.05) is 12.1 Å². The zero-order valence-electron chi connectivity index (χ0n) is 49.2. The molecule has 2 aliphatic carbocycles. The molecule has 0 amide bonds. The first-order valence-corrected chi connectivity index (χ1v) is 32.5. The van der Waals surface area contributed by atoms with Crippen LogP contribution in [0.4, 0.5) is 20.2 Å². The summed E-state index contributed by atoms with van der Waals surface area (Å²) in [5.74, 6) is -1.27. The van der Waals surface area contributed by atoms with Gasteiger partial charge in [-0.05, 0) is 116 Å². The number of carboxylic acid groups (broad SMARTS) is 1. The Morgan fingerprint density at radius 1 is 0.523 bits per heavy atom. The minimum atomic E-state index is -3.70. The molecule has 0 radical (unpaired) electrons. The SMILES string of the molecule is CCC(=O)c1c(-c2ccc(F)cc2)oc2cc(N(CCOCCOCCOCCC(=O)O)S(C)(=O)=O)c(C3CC3)cc12.CCOC(=O)CCOCCOCCOCCN(c1cc2oc(-c3ccc(F)cc3)c(C(=O)CC)c2cc1C1CC1)S(C)(=O)=O. The Morgan fingerprint density at radius 2 is 0.872 bits per heavy atom. The number of Topliss-reactive ketones (excluding diaryl/α,β-unsaturated/α-hetero) is 2. The van der Waals surface area contributed by atoms with E-state index in [0.717, 1.165) is 49.3 Å². The molecule has 8 rings (SSSR count). The van der Waals surface area contributed by atoms with Crippen LogP contribution in [0.1, 0.15) is 116 Å². The molecule has 6 aromatic rings. The normalized spacial score (nSPS) is 13.4. The van der Waals surface area contributed by atoms with Gasteiger partial charge in [-0.2, -0.15) is 0 Å². The number of carbonyl (C=O) groups excluding carboxylic acids is 3. The predicted molar refractivity (Wildman–Crippen MR) is 319 cm³/mol. The van der Waals surface area contributed by atoms with E-state index in [4.69, 9.17) is 47.1 Å². The minimum Gasteiger partial charge on any atom is -0.481 e. The molecule has 2 aromatic heterocycles. The molecule has 0 bridgehead atoms. The summed E-state index contributed by atoms with van der Waals surface area (Å²) in [5.41, 5.74) is 5.36. The molecule has 20 nitrogen and oxygen atoms in total. The second kappa shape index (κ2) is 31.8. The summed E-state index contributed by atoms with van der Waals surface area (Å²) in [6.45, 7) is 8.67. The van der Waals surface area contributed by atoms with E-state index < -0.39 is 37.7 Å². The van der Waals surface area contributed by atoms with Gasteiger partial charge in [-0.3, -0.25) is 27.8 Å². The molecular weight excluding hydrogens is 1160 g/mol. The highest BCUT2D eigenvalue weighted by Crippen LogP contribution is 2.50. The summed E-state index contributed by atoms with van der Waals surface area (Å²) in [4.78, 5) is 47.9. The van der Waals surface area contributed by atoms with Crippen molar-refractivity contribution < 1.29 is 91.9 Å². The number of hydrogen-bond acceptors (Lipinski definition) is 17. The molecular formula is C62H76F2N2O18S2. The van der Waals surface area contributed by atoms with Crippen LogP contribution in [0.15, 0.2) is 81.6 Å². The first-order valence-electron chi connectivity index (χ1n) is 28.8. The molecule has 0 spiro atoms. The van der Waals surface area contributed by atoms with Crippen molar-refractivity contribution in [3.8, 4) is 22.6 Å². The van der Waals surface area contributed by atoms with Crippen molar-refractivity contribution in [1.82, 2.24) is 0 Å². The largest absolute Gasteiger partial charge is 0.481 e. The van der Waals surface area contributed by atoms with Gasteiger partial charge >= 0.3 is 11.9 Å². The van der Waals surface area contributed by atoms with Gasteiger partial charge in [0.2, 0.25) is 20.0 Å². The van der Waals surface area contributed by atoms with Gasteiger partial charge in [0.15, 0.2) is 11.6 Å². The number of carboxylic acids is 1. The first kappa shape index (κ1) is 66.9. The van der Waals surface area contributed by atoms with Crippen LogP contribution >= 0.6 is 0 Å². The summed E-state index contributed by atoms with van der Waals surface area (Å²) in [6, 6.07) is 18.6. The highest BCUT2D eigenvalue weighted by Gasteiger charge is 2.35. The maximum absolute atomic E-state index is 13.6. The van der Waals surface area contributed by atoms with Crippen molar-refractivity contribution in [2.24, 2.45) is 0 Å². The lowest BCUT2D eigenvalue weighted by molar-refractivity contribution is -0.144. The van der Waals surface area contributed by atoms with Crippen molar-refractivity contribution >= 4 is 76.9 Å². The summed E-state index contributed by atoms with van der Waals surface area (Å²) >= 11 is 0. The molecule has 468 valence electrons. The van der Waals surface area contributed by atoms with Crippen molar-refractivity contribution in [3.05, 3.63) is 107 Å². The maximum atomic E-state index is 13.6. The molecule has 0 unspecified atom stereocenters. The Balaban J connectivity index is 0.000000246. The van der Waals surface area contributed by atoms with Crippen LogP contribution in [0.2, 0.25) is 0 Å². The average molecular weight is 1240 g/mol. The maximum Gasteiger partial charge on any atom is 0.308 e. The van der Waals surface area contributed by atoms with Gasteiger partial charge in [0.1, 0.15) is 34.3 Å². The third-order valence-electron chi connectivity index (χ3n) is 14.0. The predicted octanol–water partition coefficient (Wildman–Crippen LogP) is 10.5. The Bertz CT molecular complexity index is 3490. The van der Waals surface area contributed by atoms with Crippen LogP contribution in [0.5, 0.6) is 0 Å². The van der Waals surface area contributed by atoms with E-state index in [0.29, 0.717) is 93.5 Å². The van der Waals surface area contributed by atoms with Gasteiger partial charge in [0.05, 0.1) is 147 Å². The fourth-order valence-corrected chi connectivity index (χ4v) is 11.4. The summed E-state index contributed by atoms with van der Waals surface area (Å²) in [7, 11) is -7.39. The molecule has 24 heteroatoms. The quantitative estimate of drug-likeness (QED) is 0.0216. The van der Waals surface area contributed by atoms with Crippen molar-refractivity contribution in [3.63, 3.8) is 0 Å². The number of halogens is 2. The molecule has 0 saturated heterocycles. The Kier molecular flexibility index (Phi) is 24.8. The number of benzene rings is 4. The minimum absolute atomic E-state index is 0.0641. The standard InChI is InChI=1S/C32H40FNO9S.C30H36FNO9S/c1-4-28(35)31-26-20-25(22-6-7-22)27(21-29(26)43-32(31)23-8-10-24(33)11-9-23)34(44(3,37)38)13-15-40-17-19-41-18-16-39-14-12-30(36)42-5-2;1-3-26(33)29-24-18-23(20-4-5-20)25(19-27(24)41-30(29)21-6-8-22(31)9-7-21)32(42(2,36)37)11-13-39-15-17-40-16-14-38-12-10-28(34)35/h8-11,20-22H,4-7,12-19H2,1-3H3;6-9,18-20H,3-5,10-17H2,1-2H3,(H,34,35). The number of carbonyl (C=O) groups is 4. The first-order chi connectivity index (χ1) is 41.2. The van der Waals surface area contributed by atoms with Gasteiger partial charge in [0, 0.05) is 46.9 Å². The lowest BCUT2D eigenvalue weighted by Crippen LogP contribution is -2.34. The van der Waals surface area contributed by atoms with E-state index in [9.17, 15) is 44.8 Å². The van der Waals surface area contributed by atoms with Crippen molar-refractivity contribution in [2.45, 2.75) is 84.0 Å². The molecule has 1 N–H and O–H groups in total. The molecule has 2 aliphatic rings. The van der Waals surface area contributed by atoms with Crippen LogP contribution < -0.4 is 8.61 Å². The second-order valence-corrected chi connectivity index (χ2v) is 24.4. The van der Waals surface area contributed by atoms with Crippen molar-refractivity contribution in [1.29, 1.82) is 0 Å². The zero-order valence-corrected chi connectivity index (χ0v) is 50.8. The van der Waals surface area contributed by atoms with Gasteiger partial charge in [0.25, 0.3) is 0 Å². The van der Waals surface area contributed by atoms with E-state index in [2.05, 4.69) is 0 Å². The molecule has 4 aromatic carbocycles. The third-order valence-corrected chi connectivity index (χ3v) is 16.4.